The summed E-state index contributed by atoms with van der Waals surface area (Å²) in [5, 5.41) is 11.0. The number of amides is 1. The van der Waals surface area contributed by atoms with Crippen LogP contribution in [0.1, 0.15) is 26.2 Å². The van der Waals surface area contributed by atoms with Crippen molar-refractivity contribution in [3.63, 3.8) is 0 Å². The summed E-state index contributed by atoms with van der Waals surface area (Å²) in [4.78, 5) is 21.8. The normalized spacial score (nSPS) is 9.57. The summed E-state index contributed by atoms with van der Waals surface area (Å²) in [6, 6.07) is 0. The minimum Gasteiger partial charge on any atom is -0.466 e. The van der Waals surface area contributed by atoms with E-state index in [2.05, 4.69) is 10.1 Å². The first kappa shape index (κ1) is 12.9. The van der Waals surface area contributed by atoms with E-state index in [1.54, 1.807) is 6.92 Å². The molecule has 5 nitrogen and oxygen atoms in total. The molecule has 0 radical (unpaired) electrons. The molecule has 5 heteroatoms. The molecule has 14 heavy (non-hydrogen) atoms. The molecule has 0 heterocycles. The Kier molecular flexibility index (Phi) is 7.83. The quantitative estimate of drug-likeness (QED) is 0.563. The predicted octanol–water partition coefficient (Wildman–Crippen LogP) is -0.172. The number of aliphatic hydroxyl groups excluding tert-OH is 1. The topological polar surface area (TPSA) is 75.6 Å². The zero-order chi connectivity index (χ0) is 10.8. The predicted molar refractivity (Wildman–Crippen MR) is 50.6 cm³/mol. The summed E-state index contributed by atoms with van der Waals surface area (Å²) in [5.74, 6) is -0.460. The van der Waals surface area contributed by atoms with Crippen LogP contribution in [-0.4, -0.2) is 36.7 Å². The summed E-state index contributed by atoms with van der Waals surface area (Å²) < 4.78 is 4.67. The van der Waals surface area contributed by atoms with Gasteiger partial charge in [0, 0.05) is 19.6 Å². The summed E-state index contributed by atoms with van der Waals surface area (Å²) in [6.07, 6.45) is 0.934. The Hall–Kier alpha value is -1.10. The smallest absolute Gasteiger partial charge is 0.307 e. The van der Waals surface area contributed by atoms with Crippen molar-refractivity contribution in [3.05, 3.63) is 0 Å². The third-order valence-corrected chi connectivity index (χ3v) is 1.52. The molecule has 0 saturated carbocycles. The van der Waals surface area contributed by atoms with Gasteiger partial charge in [0.1, 0.15) is 0 Å². The third kappa shape index (κ3) is 7.54. The fraction of sp³-hybridized carbons (Fsp3) is 0.778. The number of hydrogen-bond donors (Lipinski definition) is 2. The Balaban J connectivity index is 3.34. The average molecular weight is 203 g/mol. The molecule has 0 rings (SSSR count). The molecule has 0 atom stereocenters. The fourth-order valence-electron chi connectivity index (χ4n) is 0.865. The van der Waals surface area contributed by atoms with Gasteiger partial charge in [-0.1, -0.05) is 0 Å². The molecule has 0 unspecified atom stereocenters. The number of ether oxygens (including phenoxy) is 1. The average Bonchev–Trinajstić information content (AvgIpc) is 2.15. The first-order valence-electron chi connectivity index (χ1n) is 4.74. The van der Waals surface area contributed by atoms with Crippen LogP contribution in [-0.2, 0) is 14.3 Å². The Labute approximate surface area is 83.4 Å². The van der Waals surface area contributed by atoms with Crippen LogP contribution in [0.2, 0.25) is 0 Å². The minimum atomic E-state index is -0.310. The van der Waals surface area contributed by atoms with Crippen LogP contribution in [0.5, 0.6) is 0 Å². The van der Waals surface area contributed by atoms with E-state index < -0.39 is 0 Å². The molecular formula is C9H17NO4. The number of rotatable bonds is 7. The molecule has 2 N–H and O–H groups in total. The Bertz CT molecular complexity index is 182. The maximum atomic E-state index is 11.0. The van der Waals surface area contributed by atoms with Crippen LogP contribution < -0.4 is 5.32 Å². The van der Waals surface area contributed by atoms with Crippen LogP contribution in [0, 0.1) is 0 Å². The highest BCUT2D eigenvalue weighted by Gasteiger charge is 2.03. The second-order valence-electron chi connectivity index (χ2n) is 2.73. The number of carbonyl (C=O) groups excluding carboxylic acids is 2. The van der Waals surface area contributed by atoms with Crippen molar-refractivity contribution in [2.24, 2.45) is 0 Å². The van der Waals surface area contributed by atoms with E-state index >= 15 is 0 Å². The number of carbonyl (C=O) groups is 2. The number of nitrogens with one attached hydrogen (secondary N) is 1. The van der Waals surface area contributed by atoms with Gasteiger partial charge >= 0.3 is 5.97 Å². The maximum absolute atomic E-state index is 11.0. The molecule has 0 spiro atoms. The molecule has 0 bridgehead atoms. The van der Waals surface area contributed by atoms with Gasteiger partial charge in [-0.25, -0.2) is 0 Å². The molecule has 0 aromatic rings. The lowest BCUT2D eigenvalue weighted by molar-refractivity contribution is -0.143. The Morgan fingerprint density at radius 1 is 1.36 bits per heavy atom. The van der Waals surface area contributed by atoms with Crippen molar-refractivity contribution in [1.29, 1.82) is 0 Å². The first-order chi connectivity index (χ1) is 6.70. The number of esters is 1. The molecule has 0 aliphatic rings. The SMILES string of the molecule is CCOC(=O)CCNC(=O)CCCO. The first-order valence-corrected chi connectivity index (χ1v) is 4.74. The molecule has 1 amide bonds. The van der Waals surface area contributed by atoms with Gasteiger partial charge in [-0.05, 0) is 13.3 Å². The summed E-state index contributed by atoms with van der Waals surface area (Å²) in [7, 11) is 0. The number of aliphatic hydroxyl groups is 1. The van der Waals surface area contributed by atoms with Gasteiger partial charge in [0.05, 0.1) is 13.0 Å². The Morgan fingerprint density at radius 2 is 2.07 bits per heavy atom. The maximum Gasteiger partial charge on any atom is 0.307 e. The summed E-state index contributed by atoms with van der Waals surface area (Å²) >= 11 is 0. The molecule has 0 aliphatic heterocycles. The second kappa shape index (κ2) is 8.50. The van der Waals surface area contributed by atoms with Gasteiger partial charge < -0.3 is 15.2 Å². The second-order valence-corrected chi connectivity index (χ2v) is 2.73. The van der Waals surface area contributed by atoms with Gasteiger partial charge in [-0.15, -0.1) is 0 Å². The van der Waals surface area contributed by atoms with Crippen molar-refractivity contribution < 1.29 is 19.4 Å². The zero-order valence-electron chi connectivity index (χ0n) is 8.41. The lowest BCUT2D eigenvalue weighted by atomic mass is 10.3. The van der Waals surface area contributed by atoms with Crippen molar-refractivity contribution in [2.45, 2.75) is 26.2 Å². The largest absolute Gasteiger partial charge is 0.466 e. The molecule has 0 saturated heterocycles. The van der Waals surface area contributed by atoms with E-state index in [9.17, 15) is 9.59 Å². The highest BCUT2D eigenvalue weighted by Crippen LogP contribution is 1.88. The molecule has 0 aromatic carbocycles. The van der Waals surface area contributed by atoms with Gasteiger partial charge in [0.25, 0.3) is 0 Å². The minimum absolute atomic E-state index is 0.00525. The third-order valence-electron chi connectivity index (χ3n) is 1.52. The Morgan fingerprint density at radius 3 is 2.64 bits per heavy atom. The van der Waals surface area contributed by atoms with Crippen molar-refractivity contribution in [2.75, 3.05) is 19.8 Å². The molecular weight excluding hydrogens is 186 g/mol. The van der Waals surface area contributed by atoms with Gasteiger partial charge in [0.2, 0.25) is 5.91 Å². The van der Waals surface area contributed by atoms with Crippen LogP contribution in [0.4, 0.5) is 0 Å². The van der Waals surface area contributed by atoms with E-state index in [1.807, 2.05) is 0 Å². The van der Waals surface area contributed by atoms with E-state index in [0.29, 0.717) is 26.0 Å². The molecule has 82 valence electrons. The van der Waals surface area contributed by atoms with Gasteiger partial charge in [-0.3, -0.25) is 9.59 Å². The van der Waals surface area contributed by atoms with Crippen LogP contribution in [0.25, 0.3) is 0 Å². The molecule has 0 aromatic heterocycles. The van der Waals surface area contributed by atoms with Crippen molar-refractivity contribution in [3.8, 4) is 0 Å². The molecule has 0 aliphatic carbocycles. The lowest BCUT2D eigenvalue weighted by Gasteiger charge is -2.04. The van der Waals surface area contributed by atoms with E-state index in [0.717, 1.165) is 0 Å². The van der Waals surface area contributed by atoms with E-state index in [4.69, 9.17) is 5.11 Å². The van der Waals surface area contributed by atoms with Crippen LogP contribution >= 0.6 is 0 Å². The zero-order valence-corrected chi connectivity index (χ0v) is 8.41. The highest BCUT2D eigenvalue weighted by molar-refractivity contribution is 5.76. The standard InChI is InChI=1S/C9H17NO4/c1-2-14-9(13)5-6-10-8(12)4-3-7-11/h11H,2-7H2,1H3,(H,10,12). The van der Waals surface area contributed by atoms with Crippen LogP contribution in [0.15, 0.2) is 0 Å². The number of hydrogen-bond acceptors (Lipinski definition) is 4. The summed E-state index contributed by atoms with van der Waals surface area (Å²) in [6.45, 7) is 2.39. The van der Waals surface area contributed by atoms with Crippen molar-refractivity contribution in [1.82, 2.24) is 5.32 Å². The van der Waals surface area contributed by atoms with E-state index in [1.165, 1.54) is 0 Å². The monoisotopic (exact) mass is 203 g/mol. The summed E-state index contributed by atoms with van der Waals surface area (Å²) in [5.41, 5.74) is 0. The fourth-order valence-corrected chi connectivity index (χ4v) is 0.865. The lowest BCUT2D eigenvalue weighted by Crippen LogP contribution is -2.26. The van der Waals surface area contributed by atoms with Crippen LogP contribution in [0.3, 0.4) is 0 Å². The van der Waals surface area contributed by atoms with Gasteiger partial charge in [-0.2, -0.15) is 0 Å². The van der Waals surface area contributed by atoms with E-state index in [-0.39, 0.29) is 24.9 Å². The molecule has 0 fully saturated rings. The van der Waals surface area contributed by atoms with Crippen molar-refractivity contribution >= 4 is 11.9 Å². The van der Waals surface area contributed by atoms with Gasteiger partial charge in [0.15, 0.2) is 0 Å². The highest BCUT2D eigenvalue weighted by atomic mass is 16.5.